The van der Waals surface area contributed by atoms with E-state index in [4.69, 9.17) is 9.47 Å². The summed E-state index contributed by atoms with van der Waals surface area (Å²) in [6.07, 6.45) is 1.43. The van der Waals surface area contributed by atoms with Crippen molar-refractivity contribution in [1.82, 2.24) is 4.83 Å². The molecule has 1 N–H and O–H groups in total. The highest BCUT2D eigenvalue weighted by atomic mass is 32.2. The Bertz CT molecular complexity index is 1160. The molecule has 0 atom stereocenters. The zero-order valence-corrected chi connectivity index (χ0v) is 18.6. The maximum Gasteiger partial charge on any atom is 0.276 e. The Kier molecular flexibility index (Phi) is 7.31. The van der Waals surface area contributed by atoms with Crippen LogP contribution in [-0.4, -0.2) is 21.2 Å². The largest absolute Gasteiger partial charge is 0.490 e. The van der Waals surface area contributed by atoms with Gasteiger partial charge in [-0.2, -0.15) is 13.5 Å². The van der Waals surface area contributed by atoms with Crippen LogP contribution in [0.1, 0.15) is 29.2 Å². The average molecular weight is 439 g/mol. The van der Waals surface area contributed by atoms with Crippen LogP contribution >= 0.6 is 0 Å². The van der Waals surface area contributed by atoms with Crippen LogP contribution in [0, 0.1) is 13.8 Å². The molecule has 0 radical (unpaired) electrons. The van der Waals surface area contributed by atoms with E-state index in [-0.39, 0.29) is 4.90 Å². The van der Waals surface area contributed by atoms with Crippen LogP contribution in [0.5, 0.6) is 11.5 Å². The third-order valence-electron chi connectivity index (χ3n) is 4.60. The molecule has 0 unspecified atom stereocenters. The van der Waals surface area contributed by atoms with Gasteiger partial charge in [0.2, 0.25) is 0 Å². The molecule has 3 rings (SSSR count). The van der Waals surface area contributed by atoms with Crippen LogP contribution in [0.4, 0.5) is 0 Å². The number of aryl methyl sites for hydroxylation is 2. The molecule has 0 aliphatic heterocycles. The van der Waals surface area contributed by atoms with E-state index in [9.17, 15) is 8.42 Å². The van der Waals surface area contributed by atoms with Crippen molar-refractivity contribution < 1.29 is 17.9 Å². The van der Waals surface area contributed by atoms with Gasteiger partial charge in [-0.15, -0.1) is 0 Å². The second-order valence-electron chi connectivity index (χ2n) is 7.02. The topological polar surface area (TPSA) is 77.0 Å². The molecule has 162 valence electrons. The van der Waals surface area contributed by atoms with E-state index in [2.05, 4.69) is 42.0 Å². The summed E-state index contributed by atoms with van der Waals surface area (Å²) >= 11 is 0. The predicted molar refractivity (Wildman–Crippen MR) is 122 cm³/mol. The Morgan fingerprint density at radius 2 is 1.71 bits per heavy atom. The molecule has 0 bridgehead atoms. The van der Waals surface area contributed by atoms with E-state index >= 15 is 0 Å². The van der Waals surface area contributed by atoms with Crippen molar-refractivity contribution in [2.24, 2.45) is 5.10 Å². The van der Waals surface area contributed by atoms with Crippen LogP contribution in [0.25, 0.3) is 0 Å². The van der Waals surface area contributed by atoms with Gasteiger partial charge < -0.3 is 9.47 Å². The summed E-state index contributed by atoms with van der Waals surface area (Å²) in [5, 5.41) is 3.88. The third-order valence-corrected chi connectivity index (χ3v) is 5.83. The minimum absolute atomic E-state index is 0.150. The Hall–Kier alpha value is -3.32. The second-order valence-corrected chi connectivity index (χ2v) is 8.68. The highest BCUT2D eigenvalue weighted by molar-refractivity contribution is 7.89. The van der Waals surface area contributed by atoms with E-state index in [0.717, 1.165) is 11.1 Å². The summed E-state index contributed by atoms with van der Waals surface area (Å²) in [5.74, 6) is 1.19. The fourth-order valence-corrected chi connectivity index (χ4v) is 3.74. The molecule has 0 amide bonds. The van der Waals surface area contributed by atoms with Crippen molar-refractivity contribution in [3.05, 3.63) is 89.0 Å². The second kappa shape index (κ2) is 10.1. The van der Waals surface area contributed by atoms with E-state index < -0.39 is 10.0 Å². The van der Waals surface area contributed by atoms with Crippen LogP contribution in [0.2, 0.25) is 0 Å². The standard InChI is InChI=1S/C24H26N2O4S/c1-4-29-24-15-20(16-25-26-31(27,28)22-8-6-5-7-9-22)12-13-23(24)30-17-21-14-18(2)10-11-19(21)3/h5-16,26H,4,17H2,1-3H3/b25-16+. The lowest BCUT2D eigenvalue weighted by Gasteiger charge is -2.14. The Labute approximate surface area is 183 Å². The number of ether oxygens (including phenoxy) is 2. The lowest BCUT2D eigenvalue weighted by atomic mass is 10.1. The number of hydrogen-bond acceptors (Lipinski definition) is 5. The van der Waals surface area contributed by atoms with Gasteiger partial charge in [-0.3, -0.25) is 0 Å². The van der Waals surface area contributed by atoms with Crippen molar-refractivity contribution in [2.45, 2.75) is 32.3 Å². The van der Waals surface area contributed by atoms with Crippen molar-refractivity contribution in [3.63, 3.8) is 0 Å². The molecule has 0 aliphatic carbocycles. The molecule has 6 nitrogen and oxygen atoms in total. The van der Waals surface area contributed by atoms with Crippen LogP contribution < -0.4 is 14.3 Å². The quantitative estimate of drug-likeness (QED) is 0.391. The number of nitrogens with zero attached hydrogens (tertiary/aromatic N) is 1. The van der Waals surface area contributed by atoms with Gasteiger partial charge in [0.25, 0.3) is 10.0 Å². The maximum atomic E-state index is 12.2. The number of hydrogen-bond donors (Lipinski definition) is 1. The summed E-state index contributed by atoms with van der Waals surface area (Å²) in [7, 11) is -3.71. The van der Waals surface area contributed by atoms with Gasteiger partial charge in [0.15, 0.2) is 11.5 Å². The first-order valence-electron chi connectivity index (χ1n) is 9.95. The molecule has 3 aromatic rings. The number of nitrogens with one attached hydrogen (secondary N) is 1. The molecule has 0 fully saturated rings. The molecule has 7 heteroatoms. The van der Waals surface area contributed by atoms with Crippen molar-refractivity contribution in [3.8, 4) is 11.5 Å². The monoisotopic (exact) mass is 438 g/mol. The van der Waals surface area contributed by atoms with Gasteiger partial charge in [0.05, 0.1) is 17.7 Å². The van der Waals surface area contributed by atoms with Crippen LogP contribution in [-0.2, 0) is 16.6 Å². The normalized spacial score (nSPS) is 11.5. The highest BCUT2D eigenvalue weighted by Gasteiger charge is 2.11. The molecule has 0 heterocycles. The third kappa shape index (κ3) is 6.08. The molecule has 0 saturated heterocycles. The SMILES string of the molecule is CCOc1cc(/C=N/NS(=O)(=O)c2ccccc2)ccc1OCc1cc(C)ccc1C. The number of sulfonamides is 1. The molecule has 0 saturated carbocycles. The van der Waals surface area contributed by atoms with Gasteiger partial charge in [-0.1, -0.05) is 42.0 Å². The van der Waals surface area contributed by atoms with Gasteiger partial charge in [-0.25, -0.2) is 4.83 Å². The molecular weight excluding hydrogens is 412 g/mol. The fourth-order valence-electron chi connectivity index (χ4n) is 2.93. The van der Waals surface area contributed by atoms with E-state index in [0.29, 0.717) is 30.3 Å². The lowest BCUT2D eigenvalue weighted by molar-refractivity contribution is 0.269. The summed E-state index contributed by atoms with van der Waals surface area (Å²) in [5.41, 5.74) is 4.14. The fraction of sp³-hybridized carbons (Fsp3) is 0.208. The summed E-state index contributed by atoms with van der Waals surface area (Å²) in [4.78, 5) is 2.37. The van der Waals surface area contributed by atoms with Crippen molar-refractivity contribution >= 4 is 16.2 Å². The summed E-state index contributed by atoms with van der Waals surface area (Å²) < 4.78 is 36.2. The first-order valence-corrected chi connectivity index (χ1v) is 11.4. The Balaban J connectivity index is 1.72. The first-order chi connectivity index (χ1) is 14.9. The van der Waals surface area contributed by atoms with E-state index in [1.165, 1.54) is 23.9 Å². The predicted octanol–water partition coefficient (Wildman–Crippen LogP) is 4.59. The number of benzene rings is 3. The van der Waals surface area contributed by atoms with E-state index in [1.807, 2.05) is 6.92 Å². The minimum Gasteiger partial charge on any atom is -0.490 e. The van der Waals surface area contributed by atoms with Gasteiger partial charge in [0, 0.05) is 0 Å². The molecule has 0 aromatic heterocycles. The Morgan fingerprint density at radius 3 is 2.45 bits per heavy atom. The smallest absolute Gasteiger partial charge is 0.276 e. The number of hydrazone groups is 1. The minimum atomic E-state index is -3.71. The highest BCUT2D eigenvalue weighted by Crippen LogP contribution is 2.29. The van der Waals surface area contributed by atoms with Gasteiger partial charge >= 0.3 is 0 Å². The molecule has 0 spiro atoms. The lowest BCUT2D eigenvalue weighted by Crippen LogP contribution is -2.18. The Morgan fingerprint density at radius 1 is 0.935 bits per heavy atom. The zero-order valence-electron chi connectivity index (χ0n) is 17.8. The van der Waals surface area contributed by atoms with Gasteiger partial charge in [-0.05, 0) is 67.8 Å². The molecule has 0 aliphatic rings. The number of rotatable bonds is 9. The van der Waals surface area contributed by atoms with Gasteiger partial charge in [0.1, 0.15) is 6.61 Å². The van der Waals surface area contributed by atoms with E-state index in [1.54, 1.807) is 36.4 Å². The molecule has 3 aromatic carbocycles. The van der Waals surface area contributed by atoms with Crippen molar-refractivity contribution in [2.75, 3.05) is 6.61 Å². The van der Waals surface area contributed by atoms with Crippen LogP contribution in [0.3, 0.4) is 0 Å². The summed E-state index contributed by atoms with van der Waals surface area (Å²) in [6, 6.07) is 19.7. The van der Waals surface area contributed by atoms with Crippen molar-refractivity contribution in [1.29, 1.82) is 0 Å². The van der Waals surface area contributed by atoms with Crippen LogP contribution in [0.15, 0.2) is 76.7 Å². The summed E-state index contributed by atoms with van der Waals surface area (Å²) in [6.45, 7) is 6.90. The average Bonchev–Trinajstić information content (AvgIpc) is 2.76. The first kappa shape index (κ1) is 22.4. The molecular formula is C24H26N2O4S. The maximum absolute atomic E-state index is 12.2. The zero-order chi connectivity index (χ0) is 22.3. The molecule has 31 heavy (non-hydrogen) atoms.